The summed E-state index contributed by atoms with van der Waals surface area (Å²) in [5.74, 6) is 1.74. The Morgan fingerprint density at radius 1 is 0.844 bits per heavy atom. The SMILES string of the molecule is CC(=O)NC1(c2noc(CCC(=O)NC3(c4noc(C)n4)CCCC3)n2)CCCCCC1. The zero-order chi connectivity index (χ0) is 22.6. The Labute approximate surface area is 187 Å². The normalized spacial score (nSPS) is 19.9. The van der Waals surface area contributed by atoms with Crippen LogP contribution in [-0.2, 0) is 27.1 Å². The van der Waals surface area contributed by atoms with Crippen LogP contribution in [0.2, 0.25) is 0 Å². The summed E-state index contributed by atoms with van der Waals surface area (Å²) in [7, 11) is 0. The molecule has 174 valence electrons. The lowest BCUT2D eigenvalue weighted by atomic mass is 9.89. The number of aryl methyl sites for hydroxylation is 2. The fourth-order valence-corrected chi connectivity index (χ4v) is 5.05. The first kappa shape index (κ1) is 22.4. The van der Waals surface area contributed by atoms with Gasteiger partial charge < -0.3 is 19.7 Å². The average Bonchev–Trinajstić information content (AvgIpc) is 3.47. The van der Waals surface area contributed by atoms with Gasteiger partial charge in [0.1, 0.15) is 11.1 Å². The van der Waals surface area contributed by atoms with Crippen molar-refractivity contribution >= 4 is 11.8 Å². The molecule has 2 aliphatic rings. The van der Waals surface area contributed by atoms with E-state index >= 15 is 0 Å². The summed E-state index contributed by atoms with van der Waals surface area (Å²) in [4.78, 5) is 33.6. The molecule has 0 radical (unpaired) electrons. The van der Waals surface area contributed by atoms with Crippen molar-refractivity contribution in [3.63, 3.8) is 0 Å². The summed E-state index contributed by atoms with van der Waals surface area (Å²) in [6.45, 7) is 3.26. The Morgan fingerprint density at radius 3 is 2.00 bits per heavy atom. The highest BCUT2D eigenvalue weighted by atomic mass is 16.5. The molecule has 2 aromatic heterocycles. The van der Waals surface area contributed by atoms with Crippen molar-refractivity contribution < 1.29 is 18.6 Å². The van der Waals surface area contributed by atoms with Crippen molar-refractivity contribution in [1.29, 1.82) is 0 Å². The molecule has 0 bridgehead atoms. The van der Waals surface area contributed by atoms with E-state index in [0.29, 0.717) is 29.9 Å². The molecule has 2 aliphatic carbocycles. The molecule has 0 aromatic carbocycles. The molecular formula is C22H32N6O4. The summed E-state index contributed by atoms with van der Waals surface area (Å²) < 4.78 is 10.6. The zero-order valence-corrected chi connectivity index (χ0v) is 18.9. The van der Waals surface area contributed by atoms with Crippen LogP contribution >= 0.6 is 0 Å². The second kappa shape index (κ2) is 9.38. The first-order valence-corrected chi connectivity index (χ1v) is 11.6. The van der Waals surface area contributed by atoms with E-state index in [1.165, 1.54) is 6.92 Å². The van der Waals surface area contributed by atoms with Crippen LogP contribution in [0.3, 0.4) is 0 Å². The predicted octanol–water partition coefficient (Wildman–Crippen LogP) is 2.96. The van der Waals surface area contributed by atoms with E-state index in [9.17, 15) is 9.59 Å². The molecule has 0 saturated heterocycles. The molecule has 10 heteroatoms. The number of amides is 2. The third kappa shape index (κ3) is 4.83. The fourth-order valence-electron chi connectivity index (χ4n) is 5.05. The first-order valence-electron chi connectivity index (χ1n) is 11.6. The van der Waals surface area contributed by atoms with Crippen LogP contribution in [0.15, 0.2) is 9.05 Å². The molecule has 0 atom stereocenters. The lowest BCUT2D eigenvalue weighted by molar-refractivity contribution is -0.123. The number of carbonyl (C=O) groups is 2. The summed E-state index contributed by atoms with van der Waals surface area (Å²) in [5, 5.41) is 14.5. The van der Waals surface area contributed by atoms with Crippen LogP contribution in [0.25, 0.3) is 0 Å². The van der Waals surface area contributed by atoms with Crippen LogP contribution in [0.1, 0.15) is 101 Å². The second-order valence-electron chi connectivity index (χ2n) is 9.16. The summed E-state index contributed by atoms with van der Waals surface area (Å²) in [6, 6.07) is 0. The molecule has 32 heavy (non-hydrogen) atoms. The topological polar surface area (TPSA) is 136 Å². The van der Waals surface area contributed by atoms with Gasteiger partial charge in [0.15, 0.2) is 11.6 Å². The van der Waals surface area contributed by atoms with E-state index in [2.05, 4.69) is 30.9 Å². The molecular weight excluding hydrogens is 412 g/mol. The monoisotopic (exact) mass is 444 g/mol. The molecule has 2 amide bonds. The van der Waals surface area contributed by atoms with E-state index in [0.717, 1.165) is 64.2 Å². The summed E-state index contributed by atoms with van der Waals surface area (Å²) in [5.41, 5.74) is -1.15. The van der Waals surface area contributed by atoms with Crippen molar-refractivity contribution in [1.82, 2.24) is 30.9 Å². The number of rotatable bonds is 7. The van der Waals surface area contributed by atoms with Gasteiger partial charge in [-0.2, -0.15) is 9.97 Å². The minimum absolute atomic E-state index is 0.101. The van der Waals surface area contributed by atoms with E-state index in [-0.39, 0.29) is 18.2 Å². The van der Waals surface area contributed by atoms with Gasteiger partial charge in [-0.15, -0.1) is 0 Å². The third-order valence-electron chi connectivity index (χ3n) is 6.63. The number of hydrogen-bond donors (Lipinski definition) is 2. The van der Waals surface area contributed by atoms with Gasteiger partial charge in [-0.25, -0.2) is 0 Å². The quantitative estimate of drug-likeness (QED) is 0.622. The van der Waals surface area contributed by atoms with Gasteiger partial charge in [0.25, 0.3) is 0 Å². The molecule has 0 unspecified atom stereocenters. The highest BCUT2D eigenvalue weighted by Gasteiger charge is 2.41. The molecule has 0 aliphatic heterocycles. The molecule has 4 rings (SSSR count). The Kier molecular flexibility index (Phi) is 6.57. The number of nitrogens with one attached hydrogen (secondary N) is 2. The molecule has 2 N–H and O–H groups in total. The lowest BCUT2D eigenvalue weighted by Crippen LogP contribution is -2.45. The van der Waals surface area contributed by atoms with Crippen molar-refractivity contribution in [3.8, 4) is 0 Å². The largest absolute Gasteiger partial charge is 0.343 e. The van der Waals surface area contributed by atoms with Crippen molar-refractivity contribution in [2.75, 3.05) is 0 Å². The van der Waals surface area contributed by atoms with Gasteiger partial charge in [-0.05, 0) is 25.7 Å². The molecule has 2 fully saturated rings. The maximum atomic E-state index is 12.8. The average molecular weight is 445 g/mol. The van der Waals surface area contributed by atoms with E-state index in [1.54, 1.807) is 6.92 Å². The number of nitrogens with zero attached hydrogens (tertiary/aromatic N) is 4. The molecule has 2 aromatic rings. The Bertz CT molecular complexity index is 938. The summed E-state index contributed by atoms with van der Waals surface area (Å²) >= 11 is 0. The van der Waals surface area contributed by atoms with Crippen LogP contribution in [0, 0.1) is 6.92 Å². The smallest absolute Gasteiger partial charge is 0.227 e. The highest BCUT2D eigenvalue weighted by molar-refractivity contribution is 5.77. The minimum atomic E-state index is -0.587. The van der Waals surface area contributed by atoms with Crippen molar-refractivity contribution in [3.05, 3.63) is 23.4 Å². The lowest BCUT2D eigenvalue weighted by Gasteiger charge is -2.30. The predicted molar refractivity (Wildman–Crippen MR) is 113 cm³/mol. The maximum Gasteiger partial charge on any atom is 0.227 e. The minimum Gasteiger partial charge on any atom is -0.343 e. The van der Waals surface area contributed by atoms with E-state index in [4.69, 9.17) is 9.05 Å². The Morgan fingerprint density at radius 2 is 1.41 bits per heavy atom. The van der Waals surface area contributed by atoms with Gasteiger partial charge >= 0.3 is 0 Å². The highest BCUT2D eigenvalue weighted by Crippen LogP contribution is 2.37. The number of aromatic nitrogens is 4. The van der Waals surface area contributed by atoms with Crippen molar-refractivity contribution in [2.45, 2.75) is 102 Å². The van der Waals surface area contributed by atoms with Crippen LogP contribution in [-0.4, -0.2) is 32.1 Å². The van der Waals surface area contributed by atoms with E-state index < -0.39 is 11.1 Å². The third-order valence-corrected chi connectivity index (χ3v) is 6.63. The number of carbonyl (C=O) groups excluding carboxylic acids is 2. The van der Waals surface area contributed by atoms with Crippen molar-refractivity contribution in [2.24, 2.45) is 0 Å². The summed E-state index contributed by atoms with van der Waals surface area (Å²) in [6.07, 6.45) is 10.00. The molecule has 0 spiro atoms. The van der Waals surface area contributed by atoms with Gasteiger partial charge in [0, 0.05) is 26.7 Å². The van der Waals surface area contributed by atoms with Gasteiger partial charge in [0.05, 0.1) is 0 Å². The van der Waals surface area contributed by atoms with Crippen LogP contribution in [0.4, 0.5) is 0 Å². The number of hydrogen-bond acceptors (Lipinski definition) is 8. The Hall–Kier alpha value is -2.78. The van der Waals surface area contributed by atoms with Crippen LogP contribution in [0.5, 0.6) is 0 Å². The van der Waals surface area contributed by atoms with Gasteiger partial charge in [-0.3, -0.25) is 9.59 Å². The van der Waals surface area contributed by atoms with E-state index in [1.807, 2.05) is 0 Å². The van der Waals surface area contributed by atoms with Gasteiger partial charge in [-0.1, -0.05) is 48.8 Å². The molecule has 2 saturated carbocycles. The van der Waals surface area contributed by atoms with Gasteiger partial charge in [0.2, 0.25) is 23.6 Å². The Balaban J connectivity index is 1.41. The fraction of sp³-hybridized carbons (Fsp3) is 0.727. The van der Waals surface area contributed by atoms with Crippen LogP contribution < -0.4 is 10.6 Å². The standard InChI is InChI=1S/C22H32N6O4/c1-15(29)25-21(11-5-3-4-6-12-21)20-24-18(32-28-20)10-9-17(30)26-22(13-7-8-14-22)19-23-16(2)31-27-19/h3-14H2,1-2H3,(H,25,29)(H,26,30). The maximum absolute atomic E-state index is 12.8. The molecule has 10 nitrogen and oxygen atoms in total. The zero-order valence-electron chi connectivity index (χ0n) is 18.9. The molecule has 2 heterocycles. The second-order valence-corrected chi connectivity index (χ2v) is 9.16. The first-order chi connectivity index (χ1) is 15.4.